The fourth-order valence-corrected chi connectivity index (χ4v) is 2.33. The molecular weight excluding hydrogens is 258 g/mol. The molecule has 20 heavy (non-hydrogen) atoms. The molecule has 5 nitrogen and oxygen atoms in total. The van der Waals surface area contributed by atoms with Gasteiger partial charge in [0, 0.05) is 25.5 Å². The molecule has 1 aromatic rings. The van der Waals surface area contributed by atoms with Gasteiger partial charge in [-0.1, -0.05) is 11.6 Å². The Bertz CT molecular complexity index is 475. The van der Waals surface area contributed by atoms with Crippen LogP contribution in [-0.4, -0.2) is 37.4 Å². The molecule has 0 fully saturated rings. The van der Waals surface area contributed by atoms with E-state index < -0.39 is 6.10 Å². The highest BCUT2D eigenvalue weighted by molar-refractivity contribution is 5.76. The number of aliphatic hydroxyl groups excluding tert-OH is 1. The van der Waals surface area contributed by atoms with Gasteiger partial charge in [0.05, 0.1) is 19.3 Å². The number of aliphatic hydroxyl groups is 1. The number of carbonyl (C=O) groups excluding carboxylic acids is 1. The van der Waals surface area contributed by atoms with E-state index in [0.29, 0.717) is 31.8 Å². The maximum Gasteiger partial charge on any atom is 0.222 e. The average Bonchev–Trinajstić information content (AvgIpc) is 2.58. The minimum atomic E-state index is -0.751. The second kappa shape index (κ2) is 6.72. The monoisotopic (exact) mass is 279 g/mol. The maximum absolute atomic E-state index is 11.8. The van der Waals surface area contributed by atoms with Crippen molar-refractivity contribution in [3.8, 4) is 5.75 Å². The van der Waals surface area contributed by atoms with Crippen LogP contribution in [0.3, 0.4) is 0 Å². The van der Waals surface area contributed by atoms with Gasteiger partial charge in [-0.2, -0.15) is 0 Å². The number of benzene rings is 1. The summed E-state index contributed by atoms with van der Waals surface area (Å²) in [6.07, 6.45) is 0.119. The third-order valence-corrected chi connectivity index (χ3v) is 3.43. The molecule has 2 N–H and O–H groups in total. The van der Waals surface area contributed by atoms with Crippen LogP contribution < -0.4 is 10.1 Å². The molecule has 2 unspecified atom stereocenters. The quantitative estimate of drug-likeness (QED) is 0.872. The lowest BCUT2D eigenvalue weighted by molar-refractivity contribution is -0.123. The summed E-state index contributed by atoms with van der Waals surface area (Å²) in [7, 11) is 1.56. The number of fused-ring (bicyclic) bond motifs is 1. The molecule has 0 radical (unpaired) electrons. The second-order valence-corrected chi connectivity index (χ2v) is 5.04. The van der Waals surface area contributed by atoms with Gasteiger partial charge in [-0.15, -0.1) is 0 Å². The van der Waals surface area contributed by atoms with E-state index in [2.05, 4.69) is 5.32 Å². The predicted molar refractivity (Wildman–Crippen MR) is 74.7 cm³/mol. The molecule has 5 heteroatoms. The molecule has 1 aliphatic heterocycles. The number of hydrogen-bond donors (Lipinski definition) is 2. The summed E-state index contributed by atoms with van der Waals surface area (Å²) in [6, 6.07) is 5.38. The Hall–Kier alpha value is -1.59. The molecule has 0 aromatic heterocycles. The molecular formula is C15H21NO4. The summed E-state index contributed by atoms with van der Waals surface area (Å²) in [6.45, 7) is 2.81. The van der Waals surface area contributed by atoms with E-state index >= 15 is 0 Å². The standard InChI is InChI=1S/C15H21NO4/c1-10-3-4-13-11(9-10)15(18)12(5-8-20-13)16-14(17)6-7-19-2/h3-4,9,12,15,18H,5-8H2,1-2H3,(H,16,17). The normalized spacial score (nSPS) is 21.6. The predicted octanol–water partition coefficient (Wildman–Crippen LogP) is 1.33. The molecule has 110 valence electrons. The van der Waals surface area contributed by atoms with Gasteiger partial charge in [-0.3, -0.25) is 4.79 Å². The summed E-state index contributed by atoms with van der Waals surface area (Å²) < 4.78 is 10.5. The first kappa shape index (κ1) is 14.8. The fraction of sp³-hybridized carbons (Fsp3) is 0.533. The van der Waals surface area contributed by atoms with E-state index in [0.717, 1.165) is 11.1 Å². The van der Waals surface area contributed by atoms with Crippen molar-refractivity contribution < 1.29 is 19.4 Å². The van der Waals surface area contributed by atoms with Gasteiger partial charge in [0.25, 0.3) is 0 Å². The minimum absolute atomic E-state index is 0.119. The Labute approximate surface area is 118 Å². The van der Waals surface area contributed by atoms with Crippen LogP contribution >= 0.6 is 0 Å². The fourth-order valence-electron chi connectivity index (χ4n) is 2.33. The summed E-state index contributed by atoms with van der Waals surface area (Å²) in [4.78, 5) is 11.8. The number of amides is 1. The smallest absolute Gasteiger partial charge is 0.222 e. The van der Waals surface area contributed by atoms with Gasteiger partial charge >= 0.3 is 0 Å². The Balaban J connectivity index is 2.10. The zero-order valence-corrected chi connectivity index (χ0v) is 11.9. The number of hydrogen-bond acceptors (Lipinski definition) is 4. The molecule has 0 spiro atoms. The van der Waals surface area contributed by atoms with Crippen molar-refractivity contribution >= 4 is 5.91 Å². The van der Waals surface area contributed by atoms with Gasteiger partial charge in [-0.05, 0) is 19.1 Å². The van der Waals surface area contributed by atoms with Crippen molar-refractivity contribution in [3.63, 3.8) is 0 Å². The van der Waals surface area contributed by atoms with Crippen LogP contribution in [0.15, 0.2) is 18.2 Å². The molecule has 1 heterocycles. The highest BCUT2D eigenvalue weighted by Gasteiger charge is 2.28. The van der Waals surface area contributed by atoms with E-state index in [1.54, 1.807) is 7.11 Å². The number of nitrogens with one attached hydrogen (secondary N) is 1. The van der Waals surface area contributed by atoms with Crippen LogP contribution in [0, 0.1) is 6.92 Å². The van der Waals surface area contributed by atoms with Crippen molar-refractivity contribution in [3.05, 3.63) is 29.3 Å². The van der Waals surface area contributed by atoms with Gasteiger partial charge in [0.2, 0.25) is 5.91 Å². The first-order chi connectivity index (χ1) is 9.61. The van der Waals surface area contributed by atoms with Gasteiger partial charge in [-0.25, -0.2) is 0 Å². The molecule has 2 atom stereocenters. The summed E-state index contributed by atoms with van der Waals surface area (Å²) in [5, 5.41) is 13.3. The lowest BCUT2D eigenvalue weighted by Crippen LogP contribution is -2.39. The third-order valence-electron chi connectivity index (χ3n) is 3.43. The molecule has 1 aliphatic rings. The maximum atomic E-state index is 11.8. The SMILES string of the molecule is COCCC(=O)NC1CCOc2ccc(C)cc2C1O. The summed E-state index contributed by atoms with van der Waals surface area (Å²) in [5.74, 6) is 0.573. The van der Waals surface area contributed by atoms with Crippen molar-refractivity contribution in [1.29, 1.82) is 0 Å². The van der Waals surface area contributed by atoms with Crippen molar-refractivity contribution in [2.24, 2.45) is 0 Å². The largest absolute Gasteiger partial charge is 0.493 e. The van der Waals surface area contributed by atoms with Crippen molar-refractivity contribution in [1.82, 2.24) is 5.32 Å². The number of rotatable bonds is 4. The summed E-state index contributed by atoms with van der Waals surface area (Å²) in [5.41, 5.74) is 1.79. The number of ether oxygens (including phenoxy) is 2. The topological polar surface area (TPSA) is 67.8 Å². The van der Waals surface area contributed by atoms with E-state index in [1.165, 1.54) is 0 Å². The lowest BCUT2D eigenvalue weighted by Gasteiger charge is -2.22. The van der Waals surface area contributed by atoms with Crippen LogP contribution in [0.2, 0.25) is 0 Å². The highest BCUT2D eigenvalue weighted by Crippen LogP contribution is 2.32. The second-order valence-electron chi connectivity index (χ2n) is 5.04. The number of carbonyl (C=O) groups is 1. The molecule has 1 amide bonds. The molecule has 0 saturated heterocycles. The van der Waals surface area contributed by atoms with Crippen LogP contribution in [-0.2, 0) is 9.53 Å². The lowest BCUT2D eigenvalue weighted by atomic mass is 9.98. The molecule has 2 rings (SSSR count). The number of methoxy groups -OCH3 is 1. The molecule has 0 bridgehead atoms. The van der Waals surface area contributed by atoms with Crippen LogP contribution in [0.1, 0.15) is 30.1 Å². The molecule has 0 aliphatic carbocycles. The molecule has 1 aromatic carbocycles. The van der Waals surface area contributed by atoms with Crippen LogP contribution in [0.5, 0.6) is 5.75 Å². The van der Waals surface area contributed by atoms with Crippen molar-refractivity contribution in [2.75, 3.05) is 20.3 Å². The Kier molecular flexibility index (Phi) is 4.98. The Morgan fingerprint density at radius 2 is 2.35 bits per heavy atom. The zero-order chi connectivity index (χ0) is 14.5. The van der Waals surface area contributed by atoms with Crippen LogP contribution in [0.25, 0.3) is 0 Å². The van der Waals surface area contributed by atoms with E-state index in [4.69, 9.17) is 9.47 Å². The Morgan fingerprint density at radius 3 is 3.10 bits per heavy atom. The highest BCUT2D eigenvalue weighted by atomic mass is 16.5. The van der Waals surface area contributed by atoms with Crippen molar-refractivity contribution in [2.45, 2.75) is 31.9 Å². The third kappa shape index (κ3) is 3.49. The first-order valence-electron chi connectivity index (χ1n) is 6.81. The Morgan fingerprint density at radius 1 is 1.55 bits per heavy atom. The molecule has 0 saturated carbocycles. The van der Waals surface area contributed by atoms with Gasteiger partial charge < -0.3 is 19.9 Å². The van der Waals surface area contributed by atoms with E-state index in [9.17, 15) is 9.90 Å². The van der Waals surface area contributed by atoms with Gasteiger partial charge in [0.15, 0.2) is 0 Å². The van der Waals surface area contributed by atoms with Gasteiger partial charge in [0.1, 0.15) is 11.9 Å². The zero-order valence-electron chi connectivity index (χ0n) is 11.9. The minimum Gasteiger partial charge on any atom is -0.493 e. The van der Waals surface area contributed by atoms with Crippen LogP contribution in [0.4, 0.5) is 0 Å². The van der Waals surface area contributed by atoms with E-state index in [-0.39, 0.29) is 11.9 Å². The first-order valence-corrected chi connectivity index (χ1v) is 6.81. The number of aryl methyl sites for hydroxylation is 1. The average molecular weight is 279 g/mol. The van der Waals surface area contributed by atoms with E-state index in [1.807, 2.05) is 25.1 Å². The summed E-state index contributed by atoms with van der Waals surface area (Å²) >= 11 is 0.